The first kappa shape index (κ1) is 34.7. The van der Waals surface area contributed by atoms with E-state index in [0.717, 1.165) is 50.0 Å². The minimum absolute atomic E-state index is 0.537. The van der Waals surface area contributed by atoms with E-state index >= 15 is 0 Å². The molecular weight excluding hydrogens is 753 g/mol. The van der Waals surface area contributed by atoms with Crippen LogP contribution in [0.3, 0.4) is 0 Å². The van der Waals surface area contributed by atoms with Crippen molar-refractivity contribution in [1.29, 1.82) is 0 Å². The molecule has 0 atom stereocenters. The highest BCUT2D eigenvalue weighted by atomic mass is 16.3. The quantitative estimate of drug-likeness (QED) is 0.163. The third-order valence-electron chi connectivity index (χ3n) is 13.2. The Morgan fingerprint density at radius 2 is 0.839 bits per heavy atom. The molecule has 0 N–H and O–H groups in total. The van der Waals surface area contributed by atoms with Crippen LogP contribution in [0.5, 0.6) is 0 Å². The van der Waals surface area contributed by atoms with Crippen molar-refractivity contribution in [3.05, 3.63) is 241 Å². The van der Waals surface area contributed by atoms with Gasteiger partial charge < -0.3 is 4.42 Å². The molecular formula is C59H36N2O. The highest BCUT2D eigenvalue weighted by molar-refractivity contribution is 6.25. The summed E-state index contributed by atoms with van der Waals surface area (Å²) in [6.45, 7) is 0. The number of furan rings is 1. The van der Waals surface area contributed by atoms with Crippen molar-refractivity contribution in [2.45, 2.75) is 5.41 Å². The molecule has 0 saturated carbocycles. The Hall–Kier alpha value is -8.14. The fourth-order valence-electron chi connectivity index (χ4n) is 10.6. The number of benzene rings is 10. The van der Waals surface area contributed by atoms with Gasteiger partial charge in [-0.2, -0.15) is 0 Å². The van der Waals surface area contributed by atoms with Gasteiger partial charge >= 0.3 is 0 Å². The first-order valence-corrected chi connectivity index (χ1v) is 21.2. The third-order valence-corrected chi connectivity index (χ3v) is 13.2. The minimum Gasteiger partial charge on any atom is -0.455 e. The van der Waals surface area contributed by atoms with E-state index in [0.29, 0.717) is 5.82 Å². The number of hydrogen-bond donors (Lipinski definition) is 0. The molecule has 288 valence electrons. The van der Waals surface area contributed by atoms with Crippen LogP contribution in [0.4, 0.5) is 0 Å². The van der Waals surface area contributed by atoms with Crippen molar-refractivity contribution in [2.75, 3.05) is 0 Å². The number of fused-ring (bicyclic) bond motifs is 12. The molecule has 1 aliphatic carbocycles. The summed E-state index contributed by atoms with van der Waals surface area (Å²) in [5, 5.41) is 9.47. The molecule has 12 aromatic rings. The van der Waals surface area contributed by atoms with Gasteiger partial charge in [-0.25, -0.2) is 9.97 Å². The van der Waals surface area contributed by atoms with Crippen LogP contribution in [0.25, 0.3) is 99.3 Å². The summed E-state index contributed by atoms with van der Waals surface area (Å²) in [5.41, 5.74) is 13.1. The second kappa shape index (κ2) is 13.4. The van der Waals surface area contributed by atoms with Gasteiger partial charge in [-0.1, -0.05) is 194 Å². The lowest BCUT2D eigenvalue weighted by atomic mass is 9.67. The van der Waals surface area contributed by atoms with Crippen LogP contribution in [0, 0.1) is 0 Å². The van der Waals surface area contributed by atoms with Gasteiger partial charge in [0.25, 0.3) is 0 Å². The number of para-hydroxylation sites is 2. The van der Waals surface area contributed by atoms with Gasteiger partial charge in [0.1, 0.15) is 11.2 Å². The molecule has 1 aliphatic rings. The molecule has 0 spiro atoms. The molecule has 2 aromatic heterocycles. The van der Waals surface area contributed by atoms with Gasteiger partial charge in [0.2, 0.25) is 0 Å². The van der Waals surface area contributed by atoms with Crippen molar-refractivity contribution < 1.29 is 4.42 Å². The molecule has 0 fully saturated rings. The zero-order valence-electron chi connectivity index (χ0n) is 33.6. The molecule has 0 unspecified atom stereocenters. The first-order valence-electron chi connectivity index (χ1n) is 21.2. The molecule has 0 radical (unpaired) electrons. The lowest BCUT2D eigenvalue weighted by Gasteiger charge is -2.33. The maximum Gasteiger partial charge on any atom is 0.160 e. The lowest BCUT2D eigenvalue weighted by molar-refractivity contribution is 0.670. The molecule has 13 rings (SSSR count). The maximum atomic E-state index is 6.66. The Labute approximate surface area is 358 Å². The first-order chi connectivity index (χ1) is 30.8. The zero-order chi connectivity index (χ0) is 40.8. The van der Waals surface area contributed by atoms with E-state index in [9.17, 15) is 0 Å². The van der Waals surface area contributed by atoms with Crippen LogP contribution in [-0.4, -0.2) is 9.97 Å². The molecule has 62 heavy (non-hydrogen) atoms. The molecule has 0 amide bonds. The van der Waals surface area contributed by atoms with Gasteiger partial charge in [-0.15, -0.1) is 0 Å². The smallest absolute Gasteiger partial charge is 0.160 e. The van der Waals surface area contributed by atoms with E-state index in [2.05, 4.69) is 206 Å². The summed E-state index contributed by atoms with van der Waals surface area (Å²) in [5.74, 6) is 0.658. The Morgan fingerprint density at radius 1 is 0.339 bits per heavy atom. The van der Waals surface area contributed by atoms with Gasteiger partial charge in [0, 0.05) is 27.5 Å². The predicted octanol–water partition coefficient (Wildman–Crippen LogP) is 15.2. The van der Waals surface area contributed by atoms with E-state index in [-0.39, 0.29) is 0 Å². The summed E-state index contributed by atoms with van der Waals surface area (Å²) in [6.07, 6.45) is 0. The van der Waals surface area contributed by atoms with Crippen LogP contribution in [0.2, 0.25) is 0 Å². The highest BCUT2D eigenvalue weighted by Gasteiger charge is 2.46. The Morgan fingerprint density at radius 3 is 1.55 bits per heavy atom. The number of rotatable bonds is 5. The van der Waals surface area contributed by atoms with Crippen molar-refractivity contribution in [3.8, 4) is 45.0 Å². The van der Waals surface area contributed by atoms with Gasteiger partial charge in [0.05, 0.1) is 16.8 Å². The average molecular weight is 789 g/mol. The van der Waals surface area contributed by atoms with Crippen LogP contribution >= 0.6 is 0 Å². The number of nitrogens with zero attached hydrogens (tertiary/aromatic N) is 2. The zero-order valence-corrected chi connectivity index (χ0v) is 33.6. The number of aromatic nitrogens is 2. The Balaban J connectivity index is 1.11. The van der Waals surface area contributed by atoms with Gasteiger partial charge in [-0.3, -0.25) is 0 Å². The van der Waals surface area contributed by atoms with Crippen molar-refractivity contribution in [1.82, 2.24) is 9.97 Å². The van der Waals surface area contributed by atoms with Crippen LogP contribution in [0.15, 0.2) is 223 Å². The van der Waals surface area contributed by atoms with E-state index in [1.165, 1.54) is 65.7 Å². The fourth-order valence-corrected chi connectivity index (χ4v) is 10.6. The van der Waals surface area contributed by atoms with E-state index in [4.69, 9.17) is 14.4 Å². The van der Waals surface area contributed by atoms with Gasteiger partial charge in [-0.05, 0) is 90.0 Å². The molecule has 0 bridgehead atoms. The molecule has 3 nitrogen and oxygen atoms in total. The van der Waals surface area contributed by atoms with E-state index in [1.54, 1.807) is 0 Å². The Kier molecular flexibility index (Phi) is 7.52. The molecule has 3 heteroatoms. The third kappa shape index (κ3) is 4.94. The summed E-state index contributed by atoms with van der Waals surface area (Å²) >= 11 is 0. The molecule has 2 heterocycles. The second-order valence-electron chi connectivity index (χ2n) is 16.3. The van der Waals surface area contributed by atoms with Gasteiger partial charge in [0.15, 0.2) is 5.82 Å². The number of hydrogen-bond acceptors (Lipinski definition) is 3. The molecule has 0 saturated heterocycles. The molecule has 0 aliphatic heterocycles. The SMILES string of the molecule is c1ccc(C2(c3ccccc3)c3ccccc3-c3c(-c4cc(-c5cccc6c5oc5ccccc56)nc(-c5ccc6c7ccccc7c7ccccc7c6c5)n4)cccc32)cc1. The van der Waals surface area contributed by atoms with Crippen molar-refractivity contribution in [3.63, 3.8) is 0 Å². The fraction of sp³-hybridized carbons (Fsp3) is 0.0169. The normalized spacial score (nSPS) is 13.0. The predicted molar refractivity (Wildman–Crippen MR) is 255 cm³/mol. The summed E-state index contributed by atoms with van der Waals surface area (Å²) < 4.78 is 6.66. The average Bonchev–Trinajstić information content (AvgIpc) is 3.89. The Bertz CT molecular complexity index is 3680. The van der Waals surface area contributed by atoms with E-state index in [1.807, 2.05) is 12.1 Å². The molecule has 10 aromatic carbocycles. The van der Waals surface area contributed by atoms with Crippen molar-refractivity contribution >= 4 is 54.3 Å². The van der Waals surface area contributed by atoms with Crippen LogP contribution in [0.1, 0.15) is 22.3 Å². The summed E-state index contributed by atoms with van der Waals surface area (Å²) in [4.78, 5) is 11.0. The highest BCUT2D eigenvalue weighted by Crippen LogP contribution is 2.58. The largest absolute Gasteiger partial charge is 0.455 e. The van der Waals surface area contributed by atoms with Crippen molar-refractivity contribution in [2.24, 2.45) is 0 Å². The monoisotopic (exact) mass is 788 g/mol. The van der Waals surface area contributed by atoms with Crippen LogP contribution < -0.4 is 0 Å². The summed E-state index contributed by atoms with van der Waals surface area (Å²) in [7, 11) is 0. The minimum atomic E-state index is -0.537. The lowest BCUT2D eigenvalue weighted by Crippen LogP contribution is -2.28. The summed E-state index contributed by atoms with van der Waals surface area (Å²) in [6, 6.07) is 78.5. The topological polar surface area (TPSA) is 38.9 Å². The second-order valence-corrected chi connectivity index (χ2v) is 16.3. The van der Waals surface area contributed by atoms with Crippen LogP contribution in [-0.2, 0) is 5.41 Å². The maximum absolute atomic E-state index is 6.66. The van der Waals surface area contributed by atoms with E-state index < -0.39 is 5.41 Å². The standard InChI is InChI=1S/C59H36N2O/c1-3-17-38(18-4-1)59(39-19-5-2-6-20-39)51-30-13-11-26-47(51)56-48(28-16-31-52(56)59)53-36-54(49-29-15-27-46-45-25-12-14-32-55(45)62-57(46)49)61-58(60-53)37-33-34-44-42-23-8-7-21-40(42)41-22-9-10-24-43(41)50(44)35-37/h1-36H.